The third kappa shape index (κ3) is 6.54. The quantitative estimate of drug-likeness (QED) is 0.227. The number of hydrogen-bond donors (Lipinski definition) is 2. The van der Waals surface area contributed by atoms with E-state index < -0.39 is 0 Å². The van der Waals surface area contributed by atoms with Crippen molar-refractivity contribution in [2.24, 2.45) is 0 Å². The summed E-state index contributed by atoms with van der Waals surface area (Å²) in [5.41, 5.74) is 4.73. The number of benzene rings is 3. The van der Waals surface area contributed by atoms with Crippen molar-refractivity contribution in [2.45, 2.75) is 6.92 Å². The van der Waals surface area contributed by atoms with Crippen LogP contribution >= 0.6 is 11.6 Å². The molecule has 0 radical (unpaired) electrons. The Morgan fingerprint density at radius 2 is 1.23 bits per heavy atom. The zero-order valence-corrected chi connectivity index (χ0v) is 22.6. The molecule has 1 fully saturated rings. The highest BCUT2D eigenvalue weighted by Gasteiger charge is 2.14. The molecule has 2 heterocycles. The number of aryl methyl sites for hydroxylation is 1. The number of nitrogens with one attached hydrogen (secondary N) is 2. The van der Waals surface area contributed by atoms with E-state index in [0.717, 1.165) is 18.8 Å². The van der Waals surface area contributed by atoms with Crippen molar-refractivity contribution in [3.63, 3.8) is 0 Å². The number of anilines is 3. The minimum atomic E-state index is -0.322. The van der Waals surface area contributed by atoms with Crippen LogP contribution in [-0.2, 0) is 4.74 Å². The van der Waals surface area contributed by atoms with Crippen molar-refractivity contribution >= 4 is 46.3 Å². The number of ether oxygens (including phenoxy) is 1. The molecule has 40 heavy (non-hydrogen) atoms. The first-order valence-corrected chi connectivity index (χ1v) is 13.2. The fourth-order valence-electron chi connectivity index (χ4n) is 4.39. The third-order valence-corrected chi connectivity index (χ3v) is 6.69. The van der Waals surface area contributed by atoms with E-state index in [4.69, 9.17) is 16.3 Å². The number of amides is 2. The number of carbonyl (C=O) groups excluding carboxylic acids is 3. The summed E-state index contributed by atoms with van der Waals surface area (Å²) in [5, 5.41) is 5.91. The van der Waals surface area contributed by atoms with Crippen molar-refractivity contribution in [2.75, 3.05) is 41.8 Å². The van der Waals surface area contributed by atoms with Crippen LogP contribution in [0.1, 0.15) is 42.3 Å². The molecule has 2 amide bonds. The fourth-order valence-corrected chi connectivity index (χ4v) is 4.64. The zero-order chi connectivity index (χ0) is 28.1. The van der Waals surface area contributed by atoms with Gasteiger partial charge >= 0.3 is 0 Å². The lowest BCUT2D eigenvalue weighted by atomic mass is 10.0. The molecule has 4 aromatic rings. The molecule has 0 bridgehead atoms. The number of nitrogens with zero attached hydrogens (tertiary/aromatic N) is 2. The van der Waals surface area contributed by atoms with Crippen molar-refractivity contribution in [1.82, 2.24) is 4.98 Å². The summed E-state index contributed by atoms with van der Waals surface area (Å²) in [5.74, 6) is -0.724. The van der Waals surface area contributed by atoms with E-state index in [9.17, 15) is 14.4 Å². The number of ketones is 1. The Morgan fingerprint density at radius 3 is 1.75 bits per heavy atom. The second kappa shape index (κ2) is 12.1. The van der Waals surface area contributed by atoms with E-state index in [2.05, 4.69) is 20.5 Å². The molecule has 0 aliphatic carbocycles. The van der Waals surface area contributed by atoms with Gasteiger partial charge in [0.15, 0.2) is 5.78 Å². The van der Waals surface area contributed by atoms with Crippen molar-refractivity contribution in [3.05, 3.63) is 118 Å². The Hall–Kier alpha value is -4.53. The first kappa shape index (κ1) is 27.1. The van der Waals surface area contributed by atoms with Gasteiger partial charge in [-0.15, -0.1) is 0 Å². The molecule has 3 aromatic carbocycles. The van der Waals surface area contributed by atoms with Gasteiger partial charge < -0.3 is 20.3 Å². The van der Waals surface area contributed by atoms with Crippen LogP contribution in [0.5, 0.6) is 0 Å². The highest BCUT2D eigenvalue weighted by Crippen LogP contribution is 2.20. The molecule has 0 spiro atoms. The van der Waals surface area contributed by atoms with Crippen LogP contribution in [0.3, 0.4) is 0 Å². The number of hydrogen-bond acceptors (Lipinski definition) is 6. The summed E-state index contributed by atoms with van der Waals surface area (Å²) < 4.78 is 5.39. The molecule has 1 aliphatic rings. The average Bonchev–Trinajstić information content (AvgIpc) is 2.97. The number of rotatable bonds is 7. The standard InChI is InChI=1S/C31H27ClN4O4/c1-20-18-24(19-28(32)33-20)31(39)35-26-10-4-22(5-11-26)29(37)21-2-8-25(9-3-21)34-30(38)23-6-12-27(13-7-23)36-14-16-40-17-15-36/h2-13,18-19H,14-17H2,1H3,(H,34,38)(H,35,39). The summed E-state index contributed by atoms with van der Waals surface area (Å²) in [6.07, 6.45) is 0. The summed E-state index contributed by atoms with van der Waals surface area (Å²) in [6.45, 7) is 4.83. The number of aromatic nitrogens is 1. The first-order valence-electron chi connectivity index (χ1n) is 12.8. The predicted octanol–water partition coefficient (Wildman–Crippen LogP) is 5.62. The van der Waals surface area contributed by atoms with E-state index in [1.807, 2.05) is 12.1 Å². The minimum absolute atomic E-state index is 0.175. The van der Waals surface area contributed by atoms with Gasteiger partial charge in [-0.3, -0.25) is 14.4 Å². The van der Waals surface area contributed by atoms with E-state index >= 15 is 0 Å². The molecular formula is C31H27ClN4O4. The lowest BCUT2D eigenvalue weighted by Gasteiger charge is -2.28. The SMILES string of the molecule is Cc1cc(C(=O)Nc2ccc(C(=O)c3ccc(NC(=O)c4ccc(N5CCOCC5)cc4)cc3)cc2)cc(Cl)n1. The van der Waals surface area contributed by atoms with E-state index in [1.165, 1.54) is 6.07 Å². The molecule has 202 valence electrons. The number of morpholine rings is 1. The van der Waals surface area contributed by atoms with Crippen LogP contribution in [0.15, 0.2) is 84.9 Å². The molecule has 8 nitrogen and oxygen atoms in total. The second-order valence-corrected chi connectivity index (χ2v) is 9.75. The highest BCUT2D eigenvalue weighted by atomic mass is 35.5. The summed E-state index contributed by atoms with van der Waals surface area (Å²) in [6, 6.07) is 24.0. The van der Waals surface area contributed by atoms with Gasteiger partial charge in [0.1, 0.15) is 5.15 Å². The van der Waals surface area contributed by atoms with Gasteiger partial charge in [-0.1, -0.05) is 11.6 Å². The molecular weight excluding hydrogens is 528 g/mol. The maximum Gasteiger partial charge on any atom is 0.255 e. The van der Waals surface area contributed by atoms with Gasteiger partial charge in [-0.25, -0.2) is 4.98 Å². The Balaban J connectivity index is 1.18. The lowest BCUT2D eigenvalue weighted by Crippen LogP contribution is -2.36. The van der Waals surface area contributed by atoms with Gasteiger partial charge in [0.25, 0.3) is 11.8 Å². The zero-order valence-electron chi connectivity index (χ0n) is 21.8. The van der Waals surface area contributed by atoms with Crippen molar-refractivity contribution in [1.29, 1.82) is 0 Å². The van der Waals surface area contributed by atoms with Crippen LogP contribution in [0.4, 0.5) is 17.1 Å². The fraction of sp³-hybridized carbons (Fsp3) is 0.161. The third-order valence-electron chi connectivity index (χ3n) is 6.50. The Morgan fingerprint density at radius 1 is 0.725 bits per heavy atom. The predicted molar refractivity (Wildman–Crippen MR) is 156 cm³/mol. The van der Waals surface area contributed by atoms with Gasteiger partial charge in [-0.2, -0.15) is 0 Å². The van der Waals surface area contributed by atoms with Crippen molar-refractivity contribution in [3.8, 4) is 0 Å². The van der Waals surface area contributed by atoms with Gasteiger partial charge in [0.2, 0.25) is 0 Å². The van der Waals surface area contributed by atoms with E-state index in [1.54, 1.807) is 73.7 Å². The van der Waals surface area contributed by atoms with Crippen LogP contribution in [-0.4, -0.2) is 48.9 Å². The molecule has 0 unspecified atom stereocenters. The molecule has 1 aliphatic heterocycles. The Kier molecular flexibility index (Phi) is 8.19. The molecule has 2 N–H and O–H groups in total. The average molecular weight is 555 g/mol. The molecule has 9 heteroatoms. The maximum atomic E-state index is 13.0. The Bertz CT molecular complexity index is 1510. The normalized spacial score (nSPS) is 13.0. The monoisotopic (exact) mass is 554 g/mol. The molecule has 1 aromatic heterocycles. The number of halogens is 1. The summed E-state index contributed by atoms with van der Waals surface area (Å²) in [7, 11) is 0. The Labute approximate surface area is 236 Å². The lowest BCUT2D eigenvalue weighted by molar-refractivity contribution is 0.101. The number of carbonyl (C=O) groups is 3. The van der Waals surface area contributed by atoms with Gasteiger partial charge in [0, 0.05) is 58.1 Å². The van der Waals surface area contributed by atoms with Crippen LogP contribution in [0, 0.1) is 6.92 Å². The van der Waals surface area contributed by atoms with Gasteiger partial charge in [-0.05, 0) is 91.9 Å². The molecule has 5 rings (SSSR count). The smallest absolute Gasteiger partial charge is 0.255 e. The maximum absolute atomic E-state index is 13.0. The molecule has 1 saturated heterocycles. The molecule has 0 saturated carbocycles. The van der Waals surface area contributed by atoms with Crippen molar-refractivity contribution < 1.29 is 19.1 Å². The van der Waals surface area contributed by atoms with Gasteiger partial charge in [0.05, 0.1) is 13.2 Å². The van der Waals surface area contributed by atoms with Crippen LogP contribution in [0.25, 0.3) is 0 Å². The highest BCUT2D eigenvalue weighted by molar-refractivity contribution is 6.29. The number of pyridine rings is 1. The summed E-state index contributed by atoms with van der Waals surface area (Å²) in [4.78, 5) is 44.5. The van der Waals surface area contributed by atoms with E-state index in [0.29, 0.717) is 52.5 Å². The summed E-state index contributed by atoms with van der Waals surface area (Å²) >= 11 is 5.95. The molecule has 0 atom stereocenters. The first-order chi connectivity index (χ1) is 19.4. The topological polar surface area (TPSA) is 101 Å². The second-order valence-electron chi connectivity index (χ2n) is 9.36. The van der Waals surface area contributed by atoms with Crippen LogP contribution < -0.4 is 15.5 Å². The van der Waals surface area contributed by atoms with Crippen LogP contribution in [0.2, 0.25) is 5.15 Å². The van der Waals surface area contributed by atoms with E-state index in [-0.39, 0.29) is 22.8 Å². The minimum Gasteiger partial charge on any atom is -0.378 e. The largest absolute Gasteiger partial charge is 0.378 e.